The smallest absolute Gasteiger partial charge is 0.0359 e. The Balaban J connectivity index is 1.76. The first kappa shape index (κ1) is 17.8. The van der Waals surface area contributed by atoms with Gasteiger partial charge in [-0.25, -0.2) is 0 Å². The van der Waals surface area contributed by atoms with E-state index in [0.717, 1.165) is 22.3 Å². The molecule has 21 heavy (non-hydrogen) atoms. The van der Waals surface area contributed by atoms with Crippen molar-refractivity contribution in [2.45, 2.75) is 95.0 Å². The molecule has 0 bridgehead atoms. The molecule has 0 aromatic carbocycles. The first-order chi connectivity index (χ1) is 10.3. The maximum absolute atomic E-state index is 2.53. The van der Waals surface area contributed by atoms with Crippen LogP contribution in [0.15, 0.2) is 12.2 Å². The quantitative estimate of drug-likeness (QED) is 0.209. The van der Waals surface area contributed by atoms with E-state index in [1.165, 1.54) is 70.6 Å². The third kappa shape index (κ3) is 6.60. The molecule has 0 aromatic rings. The Kier molecular flexibility index (Phi) is 8.69. The van der Waals surface area contributed by atoms with Gasteiger partial charge in [-0.15, -0.1) is 0 Å². The van der Waals surface area contributed by atoms with Crippen LogP contribution in [-0.4, -0.2) is 10.5 Å². The van der Waals surface area contributed by atoms with E-state index in [-0.39, 0.29) is 0 Å². The van der Waals surface area contributed by atoms with E-state index in [1.54, 1.807) is 0 Å². The predicted molar refractivity (Wildman–Crippen MR) is 101 cm³/mol. The molecule has 2 aliphatic rings. The lowest BCUT2D eigenvalue weighted by Gasteiger charge is -2.28. The topological polar surface area (TPSA) is 0 Å². The number of unbranched alkanes of at least 4 members (excludes halogenated alkanes) is 2. The molecule has 0 amide bonds. The van der Waals surface area contributed by atoms with Gasteiger partial charge in [0.1, 0.15) is 0 Å². The van der Waals surface area contributed by atoms with Crippen molar-refractivity contribution in [3.63, 3.8) is 0 Å². The molecule has 2 aliphatic carbocycles. The van der Waals surface area contributed by atoms with Gasteiger partial charge in [0.15, 0.2) is 0 Å². The molecular weight excluding hydrogens is 292 g/mol. The van der Waals surface area contributed by atoms with Crippen LogP contribution in [0.4, 0.5) is 0 Å². The van der Waals surface area contributed by atoms with Crippen molar-refractivity contribution in [3.05, 3.63) is 12.2 Å². The van der Waals surface area contributed by atoms with Crippen LogP contribution >= 0.6 is 21.6 Å². The molecule has 0 N–H and O–H groups in total. The zero-order chi connectivity index (χ0) is 14.9. The predicted octanol–water partition coefficient (Wildman–Crippen LogP) is 7.25. The number of hydrogen-bond donors (Lipinski definition) is 0. The van der Waals surface area contributed by atoms with Gasteiger partial charge in [0.2, 0.25) is 0 Å². The summed E-state index contributed by atoms with van der Waals surface area (Å²) in [5, 5.41) is 1.71. The molecule has 0 nitrogen and oxygen atoms in total. The summed E-state index contributed by atoms with van der Waals surface area (Å²) in [7, 11) is 4.44. The second-order valence-electron chi connectivity index (χ2n) is 7.17. The normalized spacial score (nSPS) is 33.8. The Morgan fingerprint density at radius 1 is 1.05 bits per heavy atom. The monoisotopic (exact) mass is 326 g/mol. The van der Waals surface area contributed by atoms with Gasteiger partial charge >= 0.3 is 0 Å². The summed E-state index contributed by atoms with van der Waals surface area (Å²) >= 11 is 0. The van der Waals surface area contributed by atoms with Crippen LogP contribution in [0.3, 0.4) is 0 Å². The van der Waals surface area contributed by atoms with Crippen LogP contribution in [-0.2, 0) is 0 Å². The number of hydrogen-bond acceptors (Lipinski definition) is 2. The van der Waals surface area contributed by atoms with E-state index < -0.39 is 0 Å². The maximum Gasteiger partial charge on any atom is 0.0359 e. The largest absolute Gasteiger partial charge is 0.0901 e. The standard InChI is InChI=1S/C19H34S2/c1-3-4-5-11-17-12-7-9-14-19(17)21-20-18-13-8-6-10-16(2)15-18/h9,14,16-19H,3-8,10-13,15H2,1-2H3/t16?,17?,18?,19-/m1/s1. The molecular formula is C19H34S2. The van der Waals surface area contributed by atoms with Crippen LogP contribution in [0.2, 0.25) is 0 Å². The van der Waals surface area contributed by atoms with E-state index in [4.69, 9.17) is 0 Å². The van der Waals surface area contributed by atoms with Crippen molar-refractivity contribution >= 4 is 21.6 Å². The van der Waals surface area contributed by atoms with Gasteiger partial charge < -0.3 is 0 Å². The van der Waals surface area contributed by atoms with E-state index >= 15 is 0 Å². The maximum atomic E-state index is 2.53. The molecule has 0 spiro atoms. The Hall–Kier alpha value is 0.440. The van der Waals surface area contributed by atoms with E-state index in [2.05, 4.69) is 47.6 Å². The van der Waals surface area contributed by atoms with E-state index in [9.17, 15) is 0 Å². The minimum Gasteiger partial charge on any atom is -0.0901 e. The summed E-state index contributed by atoms with van der Waals surface area (Å²) in [4.78, 5) is 0. The molecule has 0 heterocycles. The Morgan fingerprint density at radius 3 is 2.76 bits per heavy atom. The Morgan fingerprint density at radius 2 is 1.90 bits per heavy atom. The first-order valence-corrected chi connectivity index (χ1v) is 11.6. The lowest BCUT2D eigenvalue weighted by atomic mass is 9.89. The Bertz CT molecular complexity index is 300. The lowest BCUT2D eigenvalue weighted by molar-refractivity contribution is 0.433. The second kappa shape index (κ2) is 10.3. The van der Waals surface area contributed by atoms with Crippen molar-refractivity contribution < 1.29 is 0 Å². The number of rotatable bonds is 7. The van der Waals surface area contributed by atoms with Crippen molar-refractivity contribution in [2.24, 2.45) is 11.8 Å². The molecule has 2 heteroatoms. The van der Waals surface area contributed by atoms with Crippen LogP contribution in [0.5, 0.6) is 0 Å². The molecule has 122 valence electrons. The van der Waals surface area contributed by atoms with Gasteiger partial charge in [0.25, 0.3) is 0 Å². The average Bonchev–Trinajstić information content (AvgIpc) is 2.71. The fourth-order valence-corrected chi connectivity index (χ4v) is 7.32. The van der Waals surface area contributed by atoms with Crippen LogP contribution in [0.1, 0.15) is 84.5 Å². The van der Waals surface area contributed by atoms with Gasteiger partial charge in [-0.3, -0.25) is 0 Å². The highest BCUT2D eigenvalue weighted by molar-refractivity contribution is 8.77. The minimum absolute atomic E-state index is 0.791. The molecule has 0 aliphatic heterocycles. The summed E-state index contributed by atoms with van der Waals surface area (Å²) in [6.45, 7) is 4.77. The van der Waals surface area contributed by atoms with Gasteiger partial charge in [0.05, 0.1) is 0 Å². The van der Waals surface area contributed by atoms with Crippen LogP contribution in [0, 0.1) is 11.8 Å². The van der Waals surface area contributed by atoms with Crippen molar-refractivity contribution in [1.29, 1.82) is 0 Å². The summed E-state index contributed by atoms with van der Waals surface area (Å²) in [6, 6.07) is 0. The summed E-state index contributed by atoms with van der Waals surface area (Å²) < 4.78 is 0. The second-order valence-corrected chi connectivity index (χ2v) is 9.92. The van der Waals surface area contributed by atoms with Gasteiger partial charge in [-0.2, -0.15) is 0 Å². The highest BCUT2D eigenvalue weighted by Crippen LogP contribution is 2.44. The van der Waals surface area contributed by atoms with Crippen molar-refractivity contribution in [3.8, 4) is 0 Å². The molecule has 1 fully saturated rings. The van der Waals surface area contributed by atoms with Crippen LogP contribution in [0.25, 0.3) is 0 Å². The lowest BCUT2D eigenvalue weighted by Crippen LogP contribution is -2.18. The summed E-state index contributed by atoms with van der Waals surface area (Å²) in [5.74, 6) is 1.90. The molecule has 2 rings (SSSR count). The van der Waals surface area contributed by atoms with Gasteiger partial charge in [0, 0.05) is 10.5 Å². The summed E-state index contributed by atoms with van der Waals surface area (Å²) in [6.07, 6.45) is 20.7. The average molecular weight is 327 g/mol. The van der Waals surface area contributed by atoms with Crippen molar-refractivity contribution in [2.75, 3.05) is 0 Å². The molecule has 0 radical (unpaired) electrons. The summed E-state index contributed by atoms with van der Waals surface area (Å²) in [5.41, 5.74) is 0. The number of allylic oxidation sites excluding steroid dienone is 1. The molecule has 0 aromatic heterocycles. The fourth-order valence-electron chi connectivity index (χ4n) is 3.72. The Labute approximate surface area is 140 Å². The molecule has 1 saturated carbocycles. The SMILES string of the molecule is CCCCCC1CCC=C[C@H]1SSC1CCCCC(C)C1. The van der Waals surface area contributed by atoms with Crippen LogP contribution < -0.4 is 0 Å². The highest BCUT2D eigenvalue weighted by Gasteiger charge is 2.24. The first-order valence-electron chi connectivity index (χ1n) is 9.28. The van der Waals surface area contributed by atoms with Crippen molar-refractivity contribution in [1.82, 2.24) is 0 Å². The van der Waals surface area contributed by atoms with Gasteiger partial charge in [-0.1, -0.05) is 86.1 Å². The third-order valence-electron chi connectivity index (χ3n) is 5.11. The fraction of sp³-hybridized carbons (Fsp3) is 0.895. The highest BCUT2D eigenvalue weighted by atomic mass is 33.1. The van der Waals surface area contributed by atoms with Gasteiger partial charge in [-0.05, 0) is 43.9 Å². The minimum atomic E-state index is 0.791. The molecule has 0 saturated heterocycles. The molecule has 4 atom stereocenters. The zero-order valence-corrected chi connectivity index (χ0v) is 15.7. The third-order valence-corrected chi connectivity index (χ3v) is 8.51. The van der Waals surface area contributed by atoms with E-state index in [0.29, 0.717) is 0 Å². The van der Waals surface area contributed by atoms with E-state index in [1.807, 2.05) is 0 Å². The zero-order valence-electron chi connectivity index (χ0n) is 14.1. The molecule has 3 unspecified atom stereocenters.